The molecule has 3 nitrogen and oxygen atoms in total. The zero-order valence-corrected chi connectivity index (χ0v) is 13.1. The average molecular weight is 299 g/mol. The first-order chi connectivity index (χ1) is 10.8. The number of ether oxygens (including phenoxy) is 1. The zero-order valence-electron chi connectivity index (χ0n) is 13.1. The van der Waals surface area contributed by atoms with Gasteiger partial charge < -0.3 is 14.7 Å². The number of benzene rings is 1. The van der Waals surface area contributed by atoms with Crippen LogP contribution in [-0.2, 0) is 0 Å². The number of aliphatic hydroxyl groups excluding tert-OH is 1. The standard InChI is InChI=1S/C19H25NO2/c21-15-2-1-4-16-7-9-18(10-8-16)22-19-11-13-20(14-12-19)17-5-3-6-17/h7-10,17,19,21H,2-3,5-6,11-15H2. The first-order valence-corrected chi connectivity index (χ1v) is 8.45. The second-order valence-corrected chi connectivity index (χ2v) is 6.24. The molecule has 2 aliphatic rings. The summed E-state index contributed by atoms with van der Waals surface area (Å²) in [6.45, 7) is 2.48. The molecule has 0 atom stereocenters. The number of hydrogen-bond donors (Lipinski definition) is 1. The fourth-order valence-electron chi connectivity index (χ4n) is 3.14. The van der Waals surface area contributed by atoms with Gasteiger partial charge in [0.25, 0.3) is 0 Å². The topological polar surface area (TPSA) is 32.7 Å². The second-order valence-electron chi connectivity index (χ2n) is 6.24. The Bertz CT molecular complexity index is 517. The van der Waals surface area contributed by atoms with Crippen molar-refractivity contribution >= 4 is 0 Å². The zero-order chi connectivity index (χ0) is 15.2. The highest BCUT2D eigenvalue weighted by atomic mass is 16.5. The van der Waals surface area contributed by atoms with Gasteiger partial charge in [0.15, 0.2) is 0 Å². The van der Waals surface area contributed by atoms with Crippen LogP contribution < -0.4 is 4.74 Å². The van der Waals surface area contributed by atoms with Gasteiger partial charge in [-0.1, -0.05) is 18.3 Å². The van der Waals surface area contributed by atoms with E-state index in [9.17, 15) is 0 Å². The molecule has 2 fully saturated rings. The Labute approximate surface area is 133 Å². The van der Waals surface area contributed by atoms with Crippen LogP contribution in [0.5, 0.6) is 5.75 Å². The molecule has 118 valence electrons. The smallest absolute Gasteiger partial charge is 0.119 e. The summed E-state index contributed by atoms with van der Waals surface area (Å²) in [6.07, 6.45) is 7.34. The molecule has 0 spiro atoms. The van der Waals surface area contributed by atoms with Crippen LogP contribution in [0.2, 0.25) is 0 Å². The summed E-state index contributed by atoms with van der Waals surface area (Å²) >= 11 is 0. The summed E-state index contributed by atoms with van der Waals surface area (Å²) in [4.78, 5) is 2.64. The van der Waals surface area contributed by atoms with Crippen molar-refractivity contribution in [1.29, 1.82) is 0 Å². The number of rotatable bonds is 4. The normalized spacial score (nSPS) is 20.0. The third-order valence-corrected chi connectivity index (χ3v) is 4.69. The third-order valence-electron chi connectivity index (χ3n) is 4.69. The number of piperidine rings is 1. The van der Waals surface area contributed by atoms with Crippen LogP contribution in [0.15, 0.2) is 24.3 Å². The molecule has 22 heavy (non-hydrogen) atoms. The first-order valence-electron chi connectivity index (χ1n) is 8.45. The quantitative estimate of drug-likeness (QED) is 0.868. The summed E-state index contributed by atoms with van der Waals surface area (Å²) in [5.74, 6) is 6.91. The fraction of sp³-hybridized carbons (Fsp3) is 0.579. The van der Waals surface area contributed by atoms with E-state index in [0.717, 1.165) is 30.2 Å². The summed E-state index contributed by atoms with van der Waals surface area (Å²) in [6, 6.07) is 8.84. The fourth-order valence-corrected chi connectivity index (χ4v) is 3.14. The molecule has 0 radical (unpaired) electrons. The Hall–Kier alpha value is -1.50. The summed E-state index contributed by atoms with van der Waals surface area (Å²) in [7, 11) is 0. The van der Waals surface area contributed by atoms with Crippen molar-refractivity contribution in [1.82, 2.24) is 4.90 Å². The minimum atomic E-state index is 0.119. The van der Waals surface area contributed by atoms with Gasteiger partial charge >= 0.3 is 0 Å². The van der Waals surface area contributed by atoms with Crippen LogP contribution in [0.1, 0.15) is 44.1 Å². The van der Waals surface area contributed by atoms with E-state index in [1.54, 1.807) is 0 Å². The molecule has 1 saturated carbocycles. The molecule has 1 aromatic rings. The van der Waals surface area contributed by atoms with Crippen molar-refractivity contribution in [3.05, 3.63) is 29.8 Å². The van der Waals surface area contributed by atoms with E-state index in [2.05, 4.69) is 16.7 Å². The lowest BCUT2D eigenvalue weighted by molar-refractivity contribution is 0.0493. The highest BCUT2D eigenvalue weighted by Crippen LogP contribution is 2.28. The third kappa shape index (κ3) is 4.03. The van der Waals surface area contributed by atoms with Gasteiger partial charge in [-0.3, -0.25) is 0 Å². The van der Waals surface area contributed by atoms with E-state index in [-0.39, 0.29) is 6.61 Å². The second kappa shape index (κ2) is 7.67. The van der Waals surface area contributed by atoms with Gasteiger partial charge in [0.1, 0.15) is 11.9 Å². The van der Waals surface area contributed by atoms with Gasteiger partial charge in [0.05, 0.1) is 6.61 Å². The van der Waals surface area contributed by atoms with E-state index in [4.69, 9.17) is 9.84 Å². The molecule has 3 heteroatoms. The highest BCUT2D eigenvalue weighted by Gasteiger charge is 2.29. The lowest BCUT2D eigenvalue weighted by Crippen LogP contribution is -2.46. The summed E-state index contributed by atoms with van der Waals surface area (Å²) in [5, 5.41) is 8.72. The Balaban J connectivity index is 1.46. The molecule has 1 aliphatic carbocycles. The maximum Gasteiger partial charge on any atom is 0.119 e. The van der Waals surface area contributed by atoms with Gasteiger partial charge in [-0.15, -0.1) is 0 Å². The van der Waals surface area contributed by atoms with Crippen molar-refractivity contribution in [2.45, 2.75) is 50.7 Å². The van der Waals surface area contributed by atoms with E-state index < -0.39 is 0 Å². The van der Waals surface area contributed by atoms with Gasteiger partial charge in [0, 0.05) is 31.1 Å². The van der Waals surface area contributed by atoms with Crippen molar-refractivity contribution < 1.29 is 9.84 Å². The molecule has 1 aromatic carbocycles. The Kier molecular flexibility index (Phi) is 5.37. The van der Waals surface area contributed by atoms with Crippen LogP contribution in [0, 0.1) is 11.8 Å². The van der Waals surface area contributed by atoms with Crippen LogP contribution in [0.4, 0.5) is 0 Å². The molecule has 1 aliphatic heterocycles. The molecular formula is C19H25NO2. The van der Waals surface area contributed by atoms with Crippen molar-refractivity contribution in [3.8, 4) is 17.6 Å². The number of aliphatic hydroxyl groups is 1. The minimum absolute atomic E-state index is 0.119. The van der Waals surface area contributed by atoms with Gasteiger partial charge in [0.2, 0.25) is 0 Å². The van der Waals surface area contributed by atoms with Crippen LogP contribution >= 0.6 is 0 Å². The van der Waals surface area contributed by atoms with Crippen LogP contribution in [0.25, 0.3) is 0 Å². The Morgan fingerprint density at radius 2 is 1.82 bits per heavy atom. The Morgan fingerprint density at radius 1 is 1.09 bits per heavy atom. The van der Waals surface area contributed by atoms with E-state index >= 15 is 0 Å². The molecular weight excluding hydrogens is 274 g/mol. The van der Waals surface area contributed by atoms with Crippen LogP contribution in [0.3, 0.4) is 0 Å². The number of likely N-dealkylation sites (tertiary alicyclic amines) is 1. The van der Waals surface area contributed by atoms with Gasteiger partial charge in [-0.25, -0.2) is 0 Å². The molecule has 0 unspecified atom stereocenters. The molecule has 0 aromatic heterocycles. The van der Waals surface area contributed by atoms with Gasteiger partial charge in [-0.05, 0) is 49.9 Å². The maximum absolute atomic E-state index is 8.72. The lowest BCUT2D eigenvalue weighted by atomic mass is 9.90. The predicted molar refractivity (Wildman–Crippen MR) is 87.9 cm³/mol. The van der Waals surface area contributed by atoms with Crippen molar-refractivity contribution in [2.75, 3.05) is 19.7 Å². The molecule has 1 N–H and O–H groups in total. The molecule has 0 bridgehead atoms. The monoisotopic (exact) mass is 299 g/mol. The minimum Gasteiger partial charge on any atom is -0.490 e. The molecule has 3 rings (SSSR count). The van der Waals surface area contributed by atoms with E-state index in [1.165, 1.54) is 32.4 Å². The number of nitrogens with zero attached hydrogens (tertiary/aromatic N) is 1. The summed E-state index contributed by atoms with van der Waals surface area (Å²) in [5.41, 5.74) is 0.973. The van der Waals surface area contributed by atoms with Crippen molar-refractivity contribution in [2.24, 2.45) is 0 Å². The average Bonchev–Trinajstić information content (AvgIpc) is 2.49. The van der Waals surface area contributed by atoms with E-state index in [1.807, 2.05) is 24.3 Å². The molecule has 1 saturated heterocycles. The summed E-state index contributed by atoms with van der Waals surface area (Å²) < 4.78 is 6.10. The van der Waals surface area contributed by atoms with Crippen LogP contribution in [-0.4, -0.2) is 41.8 Å². The van der Waals surface area contributed by atoms with Crippen molar-refractivity contribution in [3.63, 3.8) is 0 Å². The molecule has 1 heterocycles. The van der Waals surface area contributed by atoms with Gasteiger partial charge in [-0.2, -0.15) is 0 Å². The highest BCUT2D eigenvalue weighted by molar-refractivity contribution is 5.38. The SMILES string of the molecule is OCCC#Cc1ccc(OC2CCN(C3CCC3)CC2)cc1. The maximum atomic E-state index is 8.72. The predicted octanol–water partition coefficient (Wildman–Crippen LogP) is 2.82. The first kappa shape index (κ1) is 15.4. The molecule has 0 amide bonds. The van der Waals surface area contributed by atoms with E-state index in [0.29, 0.717) is 12.5 Å². The largest absolute Gasteiger partial charge is 0.490 e. The number of hydrogen-bond acceptors (Lipinski definition) is 3. The lowest BCUT2D eigenvalue weighted by Gasteiger charge is -2.41. The Morgan fingerprint density at radius 3 is 2.41 bits per heavy atom.